The monoisotopic (exact) mass is 484 g/mol. The van der Waals surface area contributed by atoms with E-state index in [-0.39, 0.29) is 30.2 Å². The van der Waals surface area contributed by atoms with Crippen molar-refractivity contribution in [2.24, 2.45) is 0 Å². The van der Waals surface area contributed by atoms with E-state index >= 15 is 0 Å². The number of halogens is 2. The summed E-state index contributed by atoms with van der Waals surface area (Å²) in [5, 5.41) is 0. The fraction of sp³-hybridized carbons (Fsp3) is 0.545. The van der Waals surface area contributed by atoms with Crippen LogP contribution in [0.4, 0.5) is 0 Å². The molecule has 0 atom stereocenters. The molecule has 0 aliphatic heterocycles. The first kappa shape index (κ1) is 26.4. The second-order valence-corrected chi connectivity index (χ2v) is 13.9. The Morgan fingerprint density at radius 3 is 1.12 bits per heavy atom. The molecule has 0 amide bonds. The van der Waals surface area contributed by atoms with E-state index in [2.05, 4.69) is 0 Å². The van der Waals surface area contributed by atoms with E-state index in [1.54, 1.807) is 51.4 Å². The molecular formula is C22H32Cl2SiZr-2. The van der Waals surface area contributed by atoms with Crippen LogP contribution in [0.3, 0.4) is 0 Å². The van der Waals surface area contributed by atoms with Crippen LogP contribution < -0.4 is 24.8 Å². The molecule has 0 spiro atoms. The van der Waals surface area contributed by atoms with Gasteiger partial charge in [-0.3, -0.25) is 0 Å². The van der Waals surface area contributed by atoms with Crippen molar-refractivity contribution >= 4 is 5.43 Å². The average Bonchev–Trinajstić information content (AvgIpc) is 3.41. The molecular weight excluding hydrogens is 454 g/mol. The molecule has 2 aliphatic rings. The van der Waals surface area contributed by atoms with E-state index in [9.17, 15) is 0 Å². The first-order valence-electron chi connectivity index (χ1n) is 9.79. The van der Waals surface area contributed by atoms with Crippen molar-refractivity contribution in [2.75, 3.05) is 0 Å². The third kappa shape index (κ3) is 11.3. The smallest absolute Gasteiger partial charge is 0.172 e. The van der Waals surface area contributed by atoms with Gasteiger partial charge >= 0.3 is 104 Å². The molecule has 4 rings (SSSR count). The molecule has 0 N–H and O–H groups in total. The Morgan fingerprint density at radius 2 is 0.885 bits per heavy atom. The minimum atomic E-state index is 0. The van der Waals surface area contributed by atoms with Gasteiger partial charge in [0.05, 0.1) is 0 Å². The molecule has 26 heavy (non-hydrogen) atoms. The molecule has 2 aromatic rings. The fourth-order valence-electron chi connectivity index (χ4n) is 3.80. The zero-order valence-electron chi connectivity index (χ0n) is 15.8. The molecule has 0 heterocycles. The van der Waals surface area contributed by atoms with Gasteiger partial charge in [0.1, 0.15) is 0 Å². The van der Waals surface area contributed by atoms with Crippen LogP contribution in [0.2, 0.25) is 11.1 Å². The Balaban J connectivity index is 0.000000432. The van der Waals surface area contributed by atoms with Crippen molar-refractivity contribution in [3.8, 4) is 0 Å². The Kier molecular flexibility index (Phi) is 17.7. The molecule has 2 saturated carbocycles. The molecule has 0 bridgehead atoms. The third-order valence-corrected chi connectivity index (χ3v) is 14.1. The number of rotatable bonds is 2. The van der Waals surface area contributed by atoms with Gasteiger partial charge in [0.15, 0.2) is 0 Å². The molecule has 4 heteroatoms. The Labute approximate surface area is 188 Å². The topological polar surface area (TPSA) is 0 Å². The van der Waals surface area contributed by atoms with Crippen molar-refractivity contribution in [1.82, 2.24) is 0 Å². The zero-order valence-corrected chi connectivity index (χ0v) is 20.7. The van der Waals surface area contributed by atoms with Crippen molar-refractivity contribution in [2.45, 2.75) is 75.3 Å². The average molecular weight is 487 g/mol. The summed E-state index contributed by atoms with van der Waals surface area (Å²) >= 11 is 1.95. The maximum absolute atomic E-state index is 2.00. The van der Waals surface area contributed by atoms with E-state index < -0.39 is 0 Å². The summed E-state index contributed by atoms with van der Waals surface area (Å²) in [6.45, 7) is 0. The van der Waals surface area contributed by atoms with Crippen LogP contribution in [-0.4, -0.2) is 5.43 Å². The van der Waals surface area contributed by atoms with E-state index in [0.717, 1.165) is 0 Å². The van der Waals surface area contributed by atoms with Gasteiger partial charge in [-0.25, -0.2) is 24.3 Å². The van der Waals surface area contributed by atoms with Crippen LogP contribution in [0.15, 0.2) is 60.7 Å². The summed E-state index contributed by atoms with van der Waals surface area (Å²) in [4.78, 5) is 0. The van der Waals surface area contributed by atoms with Crippen LogP contribution in [0.1, 0.15) is 64.2 Å². The van der Waals surface area contributed by atoms with Crippen molar-refractivity contribution in [3.63, 3.8) is 0 Å². The van der Waals surface area contributed by atoms with Gasteiger partial charge in [0.25, 0.3) is 0 Å². The van der Waals surface area contributed by atoms with Gasteiger partial charge in [-0.15, -0.1) is 0 Å². The molecule has 2 aromatic carbocycles. The van der Waals surface area contributed by atoms with Gasteiger partial charge in [-0.2, -0.15) is 36.4 Å². The van der Waals surface area contributed by atoms with E-state index in [1.165, 1.54) is 23.9 Å². The summed E-state index contributed by atoms with van der Waals surface area (Å²) < 4.78 is 0. The third-order valence-electron chi connectivity index (χ3n) is 5.20. The molecule has 0 saturated heterocycles. The molecule has 144 valence electrons. The van der Waals surface area contributed by atoms with Gasteiger partial charge in [-0.1, -0.05) is 0 Å². The van der Waals surface area contributed by atoms with Gasteiger partial charge in [0, 0.05) is 0 Å². The first-order valence-corrected chi connectivity index (χ1v) is 15.1. The van der Waals surface area contributed by atoms with E-state index in [1.807, 2.05) is 84.0 Å². The van der Waals surface area contributed by atoms with Gasteiger partial charge in [-0.05, 0) is 0 Å². The van der Waals surface area contributed by atoms with Crippen LogP contribution in [0.5, 0.6) is 0 Å². The summed E-state index contributed by atoms with van der Waals surface area (Å²) in [5.74, 6) is 0. The number of hydrogen-bond acceptors (Lipinski definition) is 0. The maximum Gasteiger partial charge on any atom is -0.172 e. The maximum atomic E-state index is 2.00. The number of hydrogen-bond donors (Lipinski definition) is 0. The Hall–Kier alpha value is 0.380. The fourth-order valence-corrected chi connectivity index (χ4v) is 10.8. The second-order valence-electron chi connectivity index (χ2n) is 7.05. The van der Waals surface area contributed by atoms with Gasteiger partial charge < -0.3 is 24.8 Å². The van der Waals surface area contributed by atoms with Crippen LogP contribution in [-0.2, 0) is 23.3 Å². The van der Waals surface area contributed by atoms with Crippen molar-refractivity contribution in [3.05, 3.63) is 60.7 Å². The van der Waals surface area contributed by atoms with Crippen LogP contribution >= 0.6 is 0 Å². The van der Waals surface area contributed by atoms with Crippen molar-refractivity contribution in [1.29, 1.82) is 0 Å². The second kappa shape index (κ2) is 17.5. The minimum absolute atomic E-state index is 0. The largest absolute Gasteiger partial charge is 0.214 e. The van der Waals surface area contributed by atoms with Crippen LogP contribution in [0, 0.1) is 0 Å². The summed E-state index contributed by atoms with van der Waals surface area (Å²) in [5.41, 5.74) is 2.56. The molecule has 0 nitrogen and oxygen atoms in total. The first-order chi connectivity index (χ1) is 11.9. The molecule has 2 aliphatic carbocycles. The predicted molar refractivity (Wildman–Crippen MR) is 103 cm³/mol. The summed E-state index contributed by atoms with van der Waals surface area (Å²) in [6.07, 6.45) is 15.7. The summed E-state index contributed by atoms with van der Waals surface area (Å²) in [6, 6.07) is 20.0. The van der Waals surface area contributed by atoms with Gasteiger partial charge in [0.2, 0.25) is 0 Å². The van der Waals surface area contributed by atoms with Crippen LogP contribution in [0.25, 0.3) is 0 Å². The molecule has 0 unspecified atom stereocenters. The SMILES string of the molecule is [Cl-].[Cl-].[Zr+2]=[Si](C1CCCCC1)C1CCCCC1.c1cc[cH-]c1.c1cc[cH-]c1. The Bertz CT molecular complexity index is 418. The standard InChI is InChI=1S/C12H22Si.2C5H5.2ClH.Zr/c1-3-7-11(8-4-1)13-12-9-5-2-6-10-12;2*1-2-4-5-3-1;;;/h11-12H,1-10H2;2*1-5H;2*1H;/q;2*-1;;;+2/p-2. The minimum Gasteiger partial charge on any atom is -0.214 e. The normalized spacial score (nSPS) is 17.3. The summed E-state index contributed by atoms with van der Waals surface area (Å²) in [7, 11) is 0. The quantitative estimate of drug-likeness (QED) is 0.439. The Morgan fingerprint density at radius 1 is 0.577 bits per heavy atom. The molecule has 2 fully saturated rings. The predicted octanol–water partition coefficient (Wildman–Crippen LogP) is 1.01. The zero-order chi connectivity index (χ0) is 16.9. The van der Waals surface area contributed by atoms with E-state index in [0.29, 0.717) is 0 Å². The molecule has 0 radical (unpaired) electrons. The van der Waals surface area contributed by atoms with Crippen molar-refractivity contribution < 1.29 is 48.1 Å². The molecule has 0 aromatic heterocycles. The van der Waals surface area contributed by atoms with E-state index in [4.69, 9.17) is 0 Å².